The number of anilines is 1. The van der Waals surface area contributed by atoms with Crippen LogP contribution >= 0.6 is 38.5 Å². The molecule has 2 aromatic rings. The lowest BCUT2D eigenvalue weighted by Gasteiger charge is -2.13. The Morgan fingerprint density at radius 2 is 2.04 bits per heavy atom. The number of nitrogens with zero attached hydrogens (tertiary/aromatic N) is 1. The molecule has 0 aromatic heterocycles. The average Bonchev–Trinajstić information content (AvgIpc) is 2.64. The monoisotopic (exact) mass is 554 g/mol. The molecule has 0 atom stereocenters. The molecule has 0 aliphatic heterocycles. The van der Waals surface area contributed by atoms with Crippen LogP contribution in [0.1, 0.15) is 19.4 Å². The summed E-state index contributed by atoms with van der Waals surface area (Å²) < 4.78 is 12.1. The Kier molecular flexibility index (Phi) is 8.02. The Bertz CT molecular complexity index is 983. The lowest BCUT2D eigenvalue weighted by atomic mass is 10.1. The summed E-state index contributed by atoms with van der Waals surface area (Å²) in [5, 5.41) is 12.1. The van der Waals surface area contributed by atoms with E-state index in [1.54, 1.807) is 37.3 Å². The highest BCUT2D eigenvalue weighted by molar-refractivity contribution is 14.1. The van der Waals surface area contributed by atoms with Crippen LogP contribution in [0.3, 0.4) is 0 Å². The molecule has 1 N–H and O–H groups in total. The molecule has 0 saturated heterocycles. The van der Waals surface area contributed by atoms with Gasteiger partial charge in [0.05, 0.1) is 15.9 Å². The topological polar surface area (TPSA) is 88.4 Å². The molecule has 0 unspecified atom stereocenters. The maximum Gasteiger partial charge on any atom is 0.308 e. The van der Waals surface area contributed by atoms with Crippen molar-refractivity contribution in [3.05, 3.63) is 55.6 Å². The fraction of sp³-hybridized carbons (Fsp3) is 0.150. The van der Waals surface area contributed by atoms with Gasteiger partial charge < -0.3 is 14.8 Å². The summed E-state index contributed by atoms with van der Waals surface area (Å²) in [5.74, 6) is -0.332. The normalized spacial score (nSPS) is 10.8. The van der Waals surface area contributed by atoms with E-state index in [9.17, 15) is 14.9 Å². The summed E-state index contributed by atoms with van der Waals surface area (Å²) in [6, 6.07) is 12.3. The van der Waals surface area contributed by atoms with Crippen molar-refractivity contribution in [3.8, 4) is 17.6 Å². The van der Waals surface area contributed by atoms with E-state index in [2.05, 4.69) is 21.2 Å². The number of carbonyl (C=O) groups excluding carboxylic acids is 2. The Balaban J connectivity index is 2.37. The summed E-state index contributed by atoms with van der Waals surface area (Å²) >= 11 is 5.36. The van der Waals surface area contributed by atoms with Gasteiger partial charge in [0.2, 0.25) is 0 Å². The van der Waals surface area contributed by atoms with Crippen LogP contribution in [0.4, 0.5) is 5.69 Å². The van der Waals surface area contributed by atoms with Gasteiger partial charge in [-0.3, -0.25) is 9.59 Å². The number of benzene rings is 2. The van der Waals surface area contributed by atoms with Gasteiger partial charge in [-0.1, -0.05) is 12.1 Å². The minimum Gasteiger partial charge on any atom is -0.490 e. The van der Waals surface area contributed by atoms with Crippen molar-refractivity contribution in [2.75, 3.05) is 11.9 Å². The number of esters is 1. The first-order valence-corrected chi connectivity index (χ1v) is 10.0. The van der Waals surface area contributed by atoms with Crippen LogP contribution in [-0.4, -0.2) is 18.5 Å². The molecule has 0 saturated carbocycles. The zero-order valence-corrected chi connectivity index (χ0v) is 18.8. The van der Waals surface area contributed by atoms with Crippen LogP contribution in [0.5, 0.6) is 11.5 Å². The summed E-state index contributed by atoms with van der Waals surface area (Å²) in [7, 11) is 0. The van der Waals surface area contributed by atoms with Crippen LogP contribution in [-0.2, 0) is 9.59 Å². The van der Waals surface area contributed by atoms with Crippen molar-refractivity contribution in [1.82, 2.24) is 0 Å². The van der Waals surface area contributed by atoms with E-state index in [4.69, 9.17) is 9.47 Å². The number of amides is 1. The van der Waals surface area contributed by atoms with Gasteiger partial charge in [-0.25, -0.2) is 0 Å². The van der Waals surface area contributed by atoms with Gasteiger partial charge in [-0.15, -0.1) is 0 Å². The third-order valence-corrected chi connectivity index (χ3v) is 4.87. The number of carbonyl (C=O) groups is 2. The fourth-order valence-corrected chi connectivity index (χ4v) is 3.36. The lowest BCUT2D eigenvalue weighted by molar-refractivity contribution is -0.132. The molecule has 2 rings (SSSR count). The third kappa shape index (κ3) is 5.81. The van der Waals surface area contributed by atoms with Gasteiger partial charge in [0.1, 0.15) is 11.6 Å². The molecule has 8 heteroatoms. The second-order valence-electron chi connectivity index (χ2n) is 5.46. The highest BCUT2D eigenvalue weighted by Crippen LogP contribution is 2.35. The van der Waals surface area contributed by atoms with Crippen LogP contribution in [0.15, 0.2) is 46.4 Å². The number of rotatable bonds is 6. The van der Waals surface area contributed by atoms with Crippen molar-refractivity contribution in [1.29, 1.82) is 5.26 Å². The summed E-state index contributed by atoms with van der Waals surface area (Å²) in [6.45, 7) is 3.48. The number of hydrogen-bond acceptors (Lipinski definition) is 5. The van der Waals surface area contributed by atoms with E-state index in [0.717, 1.165) is 0 Å². The zero-order valence-electron chi connectivity index (χ0n) is 15.1. The number of nitrogens with one attached hydrogen (secondary N) is 1. The smallest absolute Gasteiger partial charge is 0.308 e. The van der Waals surface area contributed by atoms with E-state index in [1.165, 1.54) is 13.0 Å². The Labute approximate surface area is 184 Å². The van der Waals surface area contributed by atoms with Crippen LogP contribution < -0.4 is 14.8 Å². The van der Waals surface area contributed by atoms with E-state index >= 15 is 0 Å². The van der Waals surface area contributed by atoms with Crippen LogP contribution in [0.25, 0.3) is 6.08 Å². The van der Waals surface area contributed by atoms with Gasteiger partial charge in [0.15, 0.2) is 11.5 Å². The van der Waals surface area contributed by atoms with Crippen molar-refractivity contribution >= 4 is 62.2 Å². The van der Waals surface area contributed by atoms with Crippen LogP contribution in [0.2, 0.25) is 0 Å². The number of nitriles is 1. The lowest BCUT2D eigenvalue weighted by Crippen LogP contribution is -2.13. The SMILES string of the molecule is CCOc1cc(/C=C(\C#N)C(=O)Nc2ccccc2Br)cc(I)c1OC(C)=O. The van der Waals surface area contributed by atoms with Gasteiger partial charge >= 0.3 is 5.97 Å². The Morgan fingerprint density at radius 1 is 1.32 bits per heavy atom. The molecule has 144 valence electrons. The molecule has 0 bridgehead atoms. The number of ether oxygens (including phenoxy) is 2. The second kappa shape index (κ2) is 10.2. The molecule has 0 radical (unpaired) electrons. The highest BCUT2D eigenvalue weighted by atomic mass is 127. The van der Waals surface area contributed by atoms with E-state index in [0.29, 0.717) is 37.4 Å². The fourth-order valence-electron chi connectivity index (χ4n) is 2.24. The third-order valence-electron chi connectivity index (χ3n) is 3.38. The van der Waals surface area contributed by atoms with Gasteiger partial charge in [0, 0.05) is 11.4 Å². The van der Waals surface area contributed by atoms with Crippen molar-refractivity contribution in [2.45, 2.75) is 13.8 Å². The maximum absolute atomic E-state index is 12.5. The summed E-state index contributed by atoms with van der Waals surface area (Å²) in [5.41, 5.74) is 1.06. The molecule has 1 amide bonds. The average molecular weight is 555 g/mol. The van der Waals surface area contributed by atoms with Gasteiger partial charge in [-0.2, -0.15) is 5.26 Å². The zero-order chi connectivity index (χ0) is 20.7. The molecular formula is C20H16BrIN2O4. The first-order chi connectivity index (χ1) is 13.3. The van der Waals surface area contributed by atoms with E-state index in [-0.39, 0.29) is 5.57 Å². The molecule has 0 aliphatic rings. The second-order valence-corrected chi connectivity index (χ2v) is 7.48. The first-order valence-electron chi connectivity index (χ1n) is 8.18. The molecule has 0 fully saturated rings. The standard InChI is InChI=1S/C20H16BrIN2O4/c1-3-27-18-10-13(9-16(22)19(18)28-12(2)25)8-14(11-23)20(26)24-17-7-5-4-6-15(17)21/h4-10H,3H2,1-2H3,(H,24,26)/b14-8+. The largest absolute Gasteiger partial charge is 0.490 e. The summed E-state index contributed by atoms with van der Waals surface area (Å²) in [4.78, 5) is 23.8. The molecular weight excluding hydrogens is 539 g/mol. The number of halogens is 2. The minimum atomic E-state index is -0.536. The summed E-state index contributed by atoms with van der Waals surface area (Å²) in [6.07, 6.45) is 1.45. The van der Waals surface area contributed by atoms with Crippen molar-refractivity contribution < 1.29 is 19.1 Å². The predicted molar refractivity (Wildman–Crippen MR) is 118 cm³/mol. The highest BCUT2D eigenvalue weighted by Gasteiger charge is 2.16. The Morgan fingerprint density at radius 3 is 2.64 bits per heavy atom. The maximum atomic E-state index is 12.5. The number of hydrogen-bond donors (Lipinski definition) is 1. The predicted octanol–water partition coefficient (Wildman–Crippen LogP) is 4.92. The molecule has 0 aliphatic carbocycles. The van der Waals surface area contributed by atoms with Crippen molar-refractivity contribution in [3.63, 3.8) is 0 Å². The molecule has 6 nitrogen and oxygen atoms in total. The molecule has 0 spiro atoms. The van der Waals surface area contributed by atoms with Crippen LogP contribution in [0, 0.1) is 14.9 Å². The first kappa shape index (κ1) is 21.9. The quantitative estimate of drug-likeness (QED) is 0.180. The van der Waals surface area contributed by atoms with E-state index < -0.39 is 11.9 Å². The van der Waals surface area contributed by atoms with Crippen molar-refractivity contribution in [2.24, 2.45) is 0 Å². The van der Waals surface area contributed by atoms with E-state index in [1.807, 2.05) is 34.7 Å². The minimum absolute atomic E-state index is 0.0748. The molecule has 0 heterocycles. The van der Waals surface area contributed by atoms with Gasteiger partial charge in [0.25, 0.3) is 5.91 Å². The number of para-hydroxylation sites is 1. The molecule has 28 heavy (non-hydrogen) atoms. The Hall–Kier alpha value is -2.38. The van der Waals surface area contributed by atoms with Gasteiger partial charge in [-0.05, 0) is 81.3 Å². The molecule has 2 aromatic carbocycles.